The molecule has 0 saturated heterocycles. The number of rotatable bonds is 2. The Balaban J connectivity index is 2.08. The Morgan fingerprint density at radius 1 is 1.21 bits per heavy atom. The highest BCUT2D eigenvalue weighted by Crippen LogP contribution is 2.40. The van der Waals surface area contributed by atoms with Crippen molar-refractivity contribution in [2.24, 2.45) is 5.41 Å². The summed E-state index contributed by atoms with van der Waals surface area (Å²) in [5.74, 6) is 0.467. The van der Waals surface area contributed by atoms with Crippen molar-refractivity contribution in [2.45, 2.75) is 58.3 Å². The molecule has 1 heteroatoms. The zero-order chi connectivity index (χ0) is 10.0. The maximum Gasteiger partial charge on any atom is 0.164 e. The molecule has 0 aromatic rings. The highest BCUT2D eigenvalue weighted by Gasteiger charge is 2.36. The fourth-order valence-electron chi connectivity index (χ4n) is 2.82. The molecule has 0 spiro atoms. The molecule has 0 bridgehead atoms. The molecule has 14 heavy (non-hydrogen) atoms. The van der Waals surface area contributed by atoms with Gasteiger partial charge in [-0.2, -0.15) is 0 Å². The van der Waals surface area contributed by atoms with E-state index in [1.807, 2.05) is 0 Å². The Kier molecular flexibility index (Phi) is 2.76. The van der Waals surface area contributed by atoms with Crippen LogP contribution in [0.15, 0.2) is 11.6 Å². The van der Waals surface area contributed by atoms with E-state index in [4.69, 9.17) is 0 Å². The van der Waals surface area contributed by atoms with Crippen molar-refractivity contribution >= 4 is 5.78 Å². The first-order chi connectivity index (χ1) is 6.72. The summed E-state index contributed by atoms with van der Waals surface area (Å²) in [5, 5.41) is 0. The molecule has 2 rings (SSSR count). The second-order valence-electron chi connectivity index (χ2n) is 5.07. The number of carbonyl (C=O) groups excluding carboxylic acids is 1. The molecule has 1 fully saturated rings. The Hall–Kier alpha value is -0.590. The minimum Gasteiger partial charge on any atom is -0.294 e. The first-order valence-electron chi connectivity index (χ1n) is 5.96. The first-order valence-corrected chi connectivity index (χ1v) is 5.96. The molecule has 0 N–H and O–H groups in total. The highest BCUT2D eigenvalue weighted by molar-refractivity contribution is 5.99. The number of hydrogen-bond acceptors (Lipinski definition) is 1. The fourth-order valence-corrected chi connectivity index (χ4v) is 2.82. The minimum atomic E-state index is -0.00553. The summed E-state index contributed by atoms with van der Waals surface area (Å²) in [6, 6.07) is 0. The van der Waals surface area contributed by atoms with Gasteiger partial charge in [0.1, 0.15) is 0 Å². The van der Waals surface area contributed by atoms with E-state index >= 15 is 0 Å². The molecule has 0 amide bonds. The molecule has 0 heterocycles. The number of allylic oxidation sites excluding steroid dienone is 2. The molecule has 2 aliphatic carbocycles. The van der Waals surface area contributed by atoms with Crippen LogP contribution in [0.4, 0.5) is 0 Å². The third-order valence-electron chi connectivity index (χ3n) is 3.84. The zero-order valence-corrected chi connectivity index (χ0v) is 9.14. The predicted octanol–water partition coefficient (Wildman–Crippen LogP) is 3.64. The maximum absolute atomic E-state index is 12.3. The van der Waals surface area contributed by atoms with Gasteiger partial charge in [-0.25, -0.2) is 0 Å². The van der Waals surface area contributed by atoms with E-state index in [-0.39, 0.29) is 5.41 Å². The monoisotopic (exact) mass is 192 g/mol. The molecule has 1 nitrogen and oxygen atoms in total. The van der Waals surface area contributed by atoms with Crippen LogP contribution in [0.2, 0.25) is 0 Å². The van der Waals surface area contributed by atoms with Gasteiger partial charge in [0, 0.05) is 5.41 Å². The molecule has 0 atom stereocenters. The lowest BCUT2D eigenvalue weighted by molar-refractivity contribution is -0.125. The Bertz CT molecular complexity index is 256. The van der Waals surface area contributed by atoms with Gasteiger partial charge >= 0.3 is 0 Å². The smallest absolute Gasteiger partial charge is 0.164 e. The van der Waals surface area contributed by atoms with Gasteiger partial charge in [-0.1, -0.05) is 32.3 Å². The molecule has 1 saturated carbocycles. The molecular weight excluding hydrogens is 172 g/mol. The summed E-state index contributed by atoms with van der Waals surface area (Å²) in [6.45, 7) is 2.17. The van der Waals surface area contributed by atoms with Crippen LogP contribution >= 0.6 is 0 Å². The fraction of sp³-hybridized carbons (Fsp3) is 0.769. The van der Waals surface area contributed by atoms with Crippen LogP contribution in [-0.4, -0.2) is 5.78 Å². The molecule has 0 aromatic carbocycles. The standard InChI is InChI=1S/C13H20O/c1-13(9-5-2-6-10-13)12(14)11-7-3-4-8-11/h7H,2-6,8-10H2,1H3. The van der Waals surface area contributed by atoms with Crippen molar-refractivity contribution in [3.63, 3.8) is 0 Å². The topological polar surface area (TPSA) is 17.1 Å². The van der Waals surface area contributed by atoms with Gasteiger partial charge in [0.25, 0.3) is 0 Å². The van der Waals surface area contributed by atoms with Gasteiger partial charge in [-0.3, -0.25) is 4.79 Å². The van der Waals surface area contributed by atoms with Crippen LogP contribution in [0.1, 0.15) is 58.3 Å². The van der Waals surface area contributed by atoms with Gasteiger partial charge in [0.05, 0.1) is 0 Å². The number of Topliss-reactive ketones (excluding diaryl/α,β-unsaturated/α-hetero) is 1. The van der Waals surface area contributed by atoms with E-state index in [0.717, 1.165) is 31.3 Å². The highest BCUT2D eigenvalue weighted by atomic mass is 16.1. The average Bonchev–Trinajstić information content (AvgIpc) is 2.70. The molecule has 0 radical (unpaired) electrons. The van der Waals surface area contributed by atoms with Crippen molar-refractivity contribution in [2.75, 3.05) is 0 Å². The molecule has 2 aliphatic rings. The SMILES string of the molecule is CC1(C(=O)C2=CCCC2)CCCCC1. The lowest BCUT2D eigenvalue weighted by Gasteiger charge is -2.32. The van der Waals surface area contributed by atoms with E-state index < -0.39 is 0 Å². The summed E-state index contributed by atoms with van der Waals surface area (Å²) < 4.78 is 0. The van der Waals surface area contributed by atoms with Crippen LogP contribution < -0.4 is 0 Å². The Morgan fingerprint density at radius 2 is 1.93 bits per heavy atom. The van der Waals surface area contributed by atoms with Crippen LogP contribution in [0.3, 0.4) is 0 Å². The maximum atomic E-state index is 12.3. The molecular formula is C13H20O. The first kappa shape index (κ1) is 9.95. The van der Waals surface area contributed by atoms with Gasteiger partial charge in [-0.15, -0.1) is 0 Å². The van der Waals surface area contributed by atoms with Gasteiger partial charge < -0.3 is 0 Å². The van der Waals surface area contributed by atoms with Crippen molar-refractivity contribution < 1.29 is 4.79 Å². The van der Waals surface area contributed by atoms with Crippen molar-refractivity contribution in [3.8, 4) is 0 Å². The zero-order valence-electron chi connectivity index (χ0n) is 9.14. The van der Waals surface area contributed by atoms with Crippen LogP contribution in [0, 0.1) is 5.41 Å². The van der Waals surface area contributed by atoms with Crippen LogP contribution in [0.25, 0.3) is 0 Å². The summed E-state index contributed by atoms with van der Waals surface area (Å²) in [6.07, 6.45) is 11.6. The van der Waals surface area contributed by atoms with Crippen molar-refractivity contribution in [1.82, 2.24) is 0 Å². The normalized spacial score (nSPS) is 25.9. The Labute approximate surface area is 86.6 Å². The quantitative estimate of drug-likeness (QED) is 0.653. The van der Waals surface area contributed by atoms with E-state index in [2.05, 4.69) is 13.0 Å². The molecule has 0 aliphatic heterocycles. The predicted molar refractivity (Wildman–Crippen MR) is 58.1 cm³/mol. The second kappa shape index (κ2) is 3.88. The van der Waals surface area contributed by atoms with E-state index in [9.17, 15) is 4.79 Å². The summed E-state index contributed by atoms with van der Waals surface area (Å²) in [7, 11) is 0. The summed E-state index contributed by atoms with van der Waals surface area (Å²) in [4.78, 5) is 12.3. The molecule has 78 valence electrons. The van der Waals surface area contributed by atoms with Crippen molar-refractivity contribution in [1.29, 1.82) is 0 Å². The van der Waals surface area contributed by atoms with E-state index in [1.165, 1.54) is 25.7 Å². The second-order valence-corrected chi connectivity index (χ2v) is 5.07. The Morgan fingerprint density at radius 3 is 2.50 bits per heavy atom. The van der Waals surface area contributed by atoms with Crippen LogP contribution in [0.5, 0.6) is 0 Å². The van der Waals surface area contributed by atoms with E-state index in [0.29, 0.717) is 5.78 Å². The average molecular weight is 192 g/mol. The molecule has 0 unspecified atom stereocenters. The lowest BCUT2D eigenvalue weighted by Crippen LogP contribution is -2.31. The lowest BCUT2D eigenvalue weighted by atomic mass is 9.71. The van der Waals surface area contributed by atoms with E-state index in [1.54, 1.807) is 0 Å². The van der Waals surface area contributed by atoms with Gasteiger partial charge in [0.2, 0.25) is 0 Å². The largest absolute Gasteiger partial charge is 0.294 e. The molecule has 0 aromatic heterocycles. The van der Waals surface area contributed by atoms with Crippen molar-refractivity contribution in [3.05, 3.63) is 11.6 Å². The third kappa shape index (κ3) is 1.77. The summed E-state index contributed by atoms with van der Waals surface area (Å²) >= 11 is 0. The van der Waals surface area contributed by atoms with Gasteiger partial charge in [-0.05, 0) is 37.7 Å². The number of carbonyl (C=O) groups is 1. The van der Waals surface area contributed by atoms with Crippen LogP contribution in [-0.2, 0) is 4.79 Å². The summed E-state index contributed by atoms with van der Waals surface area (Å²) in [5.41, 5.74) is 1.13. The third-order valence-corrected chi connectivity index (χ3v) is 3.84. The minimum absolute atomic E-state index is 0.00553. The van der Waals surface area contributed by atoms with Gasteiger partial charge in [0.15, 0.2) is 5.78 Å². The number of hydrogen-bond donors (Lipinski definition) is 0. The number of ketones is 1.